The number of ether oxygens (including phenoxy) is 1. The minimum Gasteiger partial charge on any atom is -0.368 e. The van der Waals surface area contributed by atoms with E-state index in [-0.39, 0.29) is 12.0 Å². The number of hydrogen-bond acceptors (Lipinski definition) is 5. The Balaban J connectivity index is 1.72. The highest BCUT2D eigenvalue weighted by Gasteiger charge is 2.27. The number of amides is 1. The Morgan fingerprint density at radius 2 is 2.12 bits per heavy atom. The third-order valence-corrected chi connectivity index (χ3v) is 4.95. The fourth-order valence-electron chi connectivity index (χ4n) is 3.26. The Morgan fingerprint density at radius 1 is 1.35 bits per heavy atom. The van der Waals surface area contributed by atoms with Gasteiger partial charge >= 0.3 is 0 Å². The Hall–Kier alpha value is -2.41. The van der Waals surface area contributed by atoms with Crippen LogP contribution in [0.5, 0.6) is 0 Å². The third-order valence-electron chi connectivity index (χ3n) is 4.95. The van der Waals surface area contributed by atoms with Crippen molar-refractivity contribution in [1.29, 1.82) is 0 Å². The number of aryl methyl sites for hydroxylation is 2. The molecule has 1 aliphatic rings. The van der Waals surface area contributed by atoms with Gasteiger partial charge in [-0.3, -0.25) is 9.48 Å². The molecule has 1 atom stereocenters. The van der Waals surface area contributed by atoms with Crippen molar-refractivity contribution in [3.8, 4) is 0 Å². The molecule has 1 amide bonds. The summed E-state index contributed by atoms with van der Waals surface area (Å²) in [6, 6.07) is 5.90. The van der Waals surface area contributed by atoms with Gasteiger partial charge in [0.05, 0.1) is 31.0 Å². The largest absolute Gasteiger partial charge is 0.368 e. The van der Waals surface area contributed by atoms with Crippen molar-refractivity contribution < 1.29 is 9.53 Å². The summed E-state index contributed by atoms with van der Waals surface area (Å²) in [5.41, 5.74) is 3.85. The molecule has 0 saturated carbocycles. The number of rotatable bonds is 4. The number of aromatic nitrogens is 3. The Morgan fingerprint density at radius 3 is 2.77 bits per heavy atom. The van der Waals surface area contributed by atoms with E-state index in [9.17, 15) is 4.79 Å². The van der Waals surface area contributed by atoms with Crippen LogP contribution in [0.2, 0.25) is 0 Å². The van der Waals surface area contributed by atoms with Gasteiger partial charge in [0.25, 0.3) is 0 Å². The van der Waals surface area contributed by atoms with E-state index in [4.69, 9.17) is 4.74 Å². The van der Waals surface area contributed by atoms with E-state index >= 15 is 0 Å². The molecular weight excluding hydrogens is 330 g/mol. The summed E-state index contributed by atoms with van der Waals surface area (Å²) in [6.07, 6.45) is 0.187. The number of morpholine rings is 1. The molecule has 1 fully saturated rings. The summed E-state index contributed by atoms with van der Waals surface area (Å²) in [6.45, 7) is 5.62. The van der Waals surface area contributed by atoms with Crippen LogP contribution in [0.25, 0.3) is 0 Å². The fourth-order valence-corrected chi connectivity index (χ4v) is 3.26. The predicted molar refractivity (Wildman–Crippen MR) is 100 cm³/mol. The van der Waals surface area contributed by atoms with Gasteiger partial charge in [-0.25, -0.2) is 4.98 Å². The van der Waals surface area contributed by atoms with Gasteiger partial charge < -0.3 is 14.5 Å². The van der Waals surface area contributed by atoms with Crippen LogP contribution in [0, 0.1) is 13.8 Å². The van der Waals surface area contributed by atoms with E-state index in [1.54, 1.807) is 0 Å². The lowest BCUT2D eigenvalue weighted by atomic mass is 10.1. The second kappa shape index (κ2) is 7.45. The number of pyridine rings is 1. The number of nitrogens with zero attached hydrogens (tertiary/aromatic N) is 5. The molecule has 1 aliphatic heterocycles. The molecule has 0 unspecified atom stereocenters. The van der Waals surface area contributed by atoms with Gasteiger partial charge in [0.1, 0.15) is 11.9 Å². The molecule has 0 bridgehead atoms. The predicted octanol–water partition coefficient (Wildman–Crippen LogP) is 1.64. The highest BCUT2D eigenvalue weighted by atomic mass is 16.5. The van der Waals surface area contributed by atoms with Crippen molar-refractivity contribution >= 4 is 11.7 Å². The quantitative estimate of drug-likeness (QED) is 0.832. The molecule has 0 N–H and O–H groups in total. The van der Waals surface area contributed by atoms with Crippen molar-refractivity contribution in [1.82, 2.24) is 19.7 Å². The maximum absolute atomic E-state index is 12.8. The van der Waals surface area contributed by atoms with Crippen molar-refractivity contribution in [2.45, 2.75) is 26.4 Å². The Labute approximate surface area is 154 Å². The summed E-state index contributed by atoms with van der Waals surface area (Å²) in [5.74, 6) is 0.998. The second-order valence-electron chi connectivity index (χ2n) is 6.96. The van der Waals surface area contributed by atoms with Crippen LogP contribution in [0.3, 0.4) is 0 Å². The molecule has 3 rings (SSSR count). The Kier molecular flexibility index (Phi) is 5.27. The molecule has 0 radical (unpaired) electrons. The maximum atomic E-state index is 12.8. The number of anilines is 1. The molecule has 140 valence electrons. The van der Waals surface area contributed by atoms with Gasteiger partial charge in [-0.05, 0) is 26.0 Å². The first kappa shape index (κ1) is 18.4. The average molecular weight is 357 g/mol. The molecule has 7 heteroatoms. The van der Waals surface area contributed by atoms with Crippen LogP contribution in [0.1, 0.15) is 28.7 Å². The molecule has 2 aromatic heterocycles. The van der Waals surface area contributed by atoms with Gasteiger partial charge in [0.2, 0.25) is 5.91 Å². The number of carbonyl (C=O) groups excluding carboxylic acids is 1. The standard InChI is InChI=1S/C19H27N5O2/c1-13-15(14(2)23(5)21-13)11-19(25)24-9-10-26-17(12-24)16-7-6-8-18(20-16)22(3)4/h6-8,17H,9-12H2,1-5H3/t17-/m1/s1. The fraction of sp³-hybridized carbons (Fsp3) is 0.526. The van der Waals surface area contributed by atoms with Crippen molar-refractivity contribution in [2.24, 2.45) is 7.05 Å². The number of carbonyl (C=O) groups is 1. The van der Waals surface area contributed by atoms with Gasteiger partial charge in [-0.2, -0.15) is 5.10 Å². The van der Waals surface area contributed by atoms with E-state index in [0.29, 0.717) is 26.1 Å². The maximum Gasteiger partial charge on any atom is 0.227 e. The molecule has 2 aromatic rings. The monoisotopic (exact) mass is 357 g/mol. The second-order valence-corrected chi connectivity index (χ2v) is 6.96. The molecule has 3 heterocycles. The zero-order valence-electron chi connectivity index (χ0n) is 16.2. The smallest absolute Gasteiger partial charge is 0.227 e. The van der Waals surface area contributed by atoms with E-state index in [1.807, 2.05) is 67.7 Å². The molecule has 1 saturated heterocycles. The summed E-state index contributed by atoms with van der Waals surface area (Å²) in [4.78, 5) is 21.3. The molecule has 7 nitrogen and oxygen atoms in total. The van der Waals surface area contributed by atoms with Crippen LogP contribution in [-0.4, -0.2) is 59.4 Å². The third kappa shape index (κ3) is 3.72. The van der Waals surface area contributed by atoms with E-state index in [0.717, 1.165) is 28.5 Å². The van der Waals surface area contributed by atoms with Crippen LogP contribution in [0.4, 0.5) is 5.82 Å². The van der Waals surface area contributed by atoms with Crippen molar-refractivity contribution in [3.05, 3.63) is 40.8 Å². The minimum absolute atomic E-state index is 0.112. The molecule has 0 spiro atoms. The van der Waals surface area contributed by atoms with Crippen LogP contribution in [-0.2, 0) is 23.0 Å². The summed E-state index contributed by atoms with van der Waals surface area (Å²) >= 11 is 0. The lowest BCUT2D eigenvalue weighted by molar-refractivity contribution is -0.138. The van der Waals surface area contributed by atoms with Crippen molar-refractivity contribution in [3.63, 3.8) is 0 Å². The lowest BCUT2D eigenvalue weighted by Crippen LogP contribution is -2.43. The summed E-state index contributed by atoms with van der Waals surface area (Å²) in [5, 5.41) is 4.40. The van der Waals surface area contributed by atoms with Gasteiger partial charge in [-0.15, -0.1) is 0 Å². The highest BCUT2D eigenvalue weighted by molar-refractivity contribution is 5.79. The van der Waals surface area contributed by atoms with Gasteiger partial charge in [0, 0.05) is 38.9 Å². The normalized spacial score (nSPS) is 17.4. The number of hydrogen-bond donors (Lipinski definition) is 0. The van der Waals surface area contributed by atoms with Crippen LogP contribution >= 0.6 is 0 Å². The van der Waals surface area contributed by atoms with Gasteiger partial charge in [0.15, 0.2) is 0 Å². The highest BCUT2D eigenvalue weighted by Crippen LogP contribution is 2.23. The summed E-state index contributed by atoms with van der Waals surface area (Å²) in [7, 11) is 5.83. The first-order valence-corrected chi connectivity index (χ1v) is 8.89. The Bertz CT molecular complexity index is 799. The zero-order valence-corrected chi connectivity index (χ0v) is 16.2. The SMILES string of the molecule is Cc1nn(C)c(C)c1CC(=O)N1CCO[C@@H](c2cccc(N(C)C)n2)C1. The molecule has 0 aliphatic carbocycles. The summed E-state index contributed by atoms with van der Waals surface area (Å²) < 4.78 is 7.72. The van der Waals surface area contributed by atoms with Crippen LogP contribution < -0.4 is 4.90 Å². The van der Waals surface area contributed by atoms with E-state index in [1.165, 1.54) is 0 Å². The van der Waals surface area contributed by atoms with E-state index < -0.39 is 0 Å². The topological polar surface area (TPSA) is 63.5 Å². The molecular formula is C19H27N5O2. The van der Waals surface area contributed by atoms with E-state index in [2.05, 4.69) is 10.1 Å². The lowest BCUT2D eigenvalue weighted by Gasteiger charge is -2.33. The molecule has 0 aromatic carbocycles. The first-order chi connectivity index (χ1) is 12.4. The zero-order chi connectivity index (χ0) is 18.8. The van der Waals surface area contributed by atoms with Crippen LogP contribution in [0.15, 0.2) is 18.2 Å². The van der Waals surface area contributed by atoms with Gasteiger partial charge in [-0.1, -0.05) is 6.07 Å². The van der Waals surface area contributed by atoms with Crippen molar-refractivity contribution in [2.75, 3.05) is 38.7 Å². The molecule has 26 heavy (non-hydrogen) atoms. The first-order valence-electron chi connectivity index (χ1n) is 8.89. The average Bonchev–Trinajstić information content (AvgIpc) is 2.88. The minimum atomic E-state index is -0.191.